The van der Waals surface area contributed by atoms with Gasteiger partial charge in [-0.2, -0.15) is 0 Å². The van der Waals surface area contributed by atoms with E-state index in [1.165, 1.54) is 7.11 Å². The van der Waals surface area contributed by atoms with Crippen molar-refractivity contribution >= 4 is 11.9 Å². The van der Waals surface area contributed by atoms with Crippen LogP contribution in [0.3, 0.4) is 0 Å². The molecule has 0 atom stereocenters. The number of methoxy groups -OCH3 is 1. The van der Waals surface area contributed by atoms with E-state index in [9.17, 15) is 4.79 Å². The van der Waals surface area contributed by atoms with Crippen LogP contribution in [0.2, 0.25) is 0 Å². The van der Waals surface area contributed by atoms with Gasteiger partial charge >= 0.3 is 5.97 Å². The fraction of sp³-hybridized carbons (Fsp3) is 0.750. The lowest BCUT2D eigenvalue weighted by molar-refractivity contribution is -0.140. The average molecular weight is 185 g/mol. The maximum absolute atomic E-state index is 10.7. The van der Waals surface area contributed by atoms with Gasteiger partial charge in [0.05, 0.1) is 20.1 Å². The van der Waals surface area contributed by atoms with Gasteiger partial charge in [0, 0.05) is 6.04 Å². The summed E-state index contributed by atoms with van der Waals surface area (Å²) < 4.78 is 4.46. The summed E-state index contributed by atoms with van der Waals surface area (Å²) in [6, 6.07) is 0.502. The van der Waals surface area contributed by atoms with Crippen molar-refractivity contribution in [2.24, 2.45) is 10.7 Å². The first-order chi connectivity index (χ1) is 6.22. The van der Waals surface area contributed by atoms with Gasteiger partial charge < -0.3 is 15.8 Å². The Morgan fingerprint density at radius 2 is 2.38 bits per heavy atom. The number of esters is 1. The largest absolute Gasteiger partial charge is 0.469 e. The zero-order chi connectivity index (χ0) is 9.68. The molecule has 0 unspecified atom stereocenters. The van der Waals surface area contributed by atoms with Crippen molar-refractivity contribution in [3.63, 3.8) is 0 Å². The van der Waals surface area contributed by atoms with Crippen molar-refractivity contribution in [1.29, 1.82) is 0 Å². The molecule has 1 saturated carbocycles. The summed E-state index contributed by atoms with van der Waals surface area (Å²) in [6.07, 6.45) is 2.60. The summed E-state index contributed by atoms with van der Waals surface area (Å²) in [5, 5.41) is 3.02. The highest BCUT2D eigenvalue weighted by molar-refractivity contribution is 5.78. The van der Waals surface area contributed by atoms with Crippen molar-refractivity contribution in [3.05, 3.63) is 0 Å². The molecule has 0 aromatic heterocycles. The molecule has 5 nitrogen and oxygen atoms in total. The number of rotatable bonds is 4. The van der Waals surface area contributed by atoms with Crippen LogP contribution in [0.5, 0.6) is 0 Å². The Kier molecular flexibility index (Phi) is 3.54. The van der Waals surface area contributed by atoms with Gasteiger partial charge in [0.15, 0.2) is 5.96 Å². The highest BCUT2D eigenvalue weighted by Crippen LogP contribution is 2.17. The monoisotopic (exact) mass is 185 g/mol. The maximum atomic E-state index is 10.7. The Hall–Kier alpha value is -1.26. The predicted octanol–water partition coefficient (Wildman–Crippen LogP) is -0.384. The van der Waals surface area contributed by atoms with E-state index in [-0.39, 0.29) is 12.4 Å². The minimum atomic E-state index is -0.261. The molecule has 1 aliphatic carbocycles. The third kappa shape index (κ3) is 4.35. The Morgan fingerprint density at radius 1 is 1.69 bits per heavy atom. The van der Waals surface area contributed by atoms with E-state index in [1.807, 2.05) is 0 Å². The minimum Gasteiger partial charge on any atom is -0.469 e. The molecule has 13 heavy (non-hydrogen) atoms. The fourth-order valence-corrected chi connectivity index (χ4v) is 0.852. The Labute approximate surface area is 77.3 Å². The number of guanidine groups is 1. The molecule has 0 radical (unpaired) electrons. The van der Waals surface area contributed by atoms with Crippen molar-refractivity contribution in [2.75, 3.05) is 13.7 Å². The van der Waals surface area contributed by atoms with Crippen molar-refractivity contribution in [2.45, 2.75) is 25.3 Å². The highest BCUT2D eigenvalue weighted by Gasteiger charge is 2.21. The van der Waals surface area contributed by atoms with E-state index in [2.05, 4.69) is 15.0 Å². The molecule has 74 valence electrons. The number of nitrogens with one attached hydrogen (secondary N) is 1. The molecule has 1 aliphatic rings. The van der Waals surface area contributed by atoms with Crippen molar-refractivity contribution in [1.82, 2.24) is 5.32 Å². The topological polar surface area (TPSA) is 76.7 Å². The molecule has 0 aromatic rings. The predicted molar refractivity (Wildman–Crippen MR) is 49.3 cm³/mol. The summed E-state index contributed by atoms with van der Waals surface area (Å²) in [4.78, 5) is 14.6. The van der Waals surface area contributed by atoms with Crippen molar-refractivity contribution < 1.29 is 9.53 Å². The molecular formula is C8H15N3O2. The summed E-state index contributed by atoms with van der Waals surface area (Å²) >= 11 is 0. The quantitative estimate of drug-likeness (QED) is 0.355. The van der Waals surface area contributed by atoms with Crippen LogP contribution < -0.4 is 11.1 Å². The number of nitrogens with zero attached hydrogens (tertiary/aromatic N) is 1. The van der Waals surface area contributed by atoms with E-state index in [0.29, 0.717) is 18.5 Å². The standard InChI is InChI=1S/C8H15N3O2/c1-13-7(12)4-5-10-8(9)11-6-2-3-6/h6H,2-5H2,1H3,(H3,9,10,11). The molecule has 0 heterocycles. The molecule has 0 spiro atoms. The first kappa shape index (κ1) is 9.83. The first-order valence-electron chi connectivity index (χ1n) is 4.35. The lowest BCUT2D eigenvalue weighted by Crippen LogP contribution is -2.33. The highest BCUT2D eigenvalue weighted by atomic mass is 16.5. The molecule has 5 heteroatoms. The van der Waals surface area contributed by atoms with Crippen LogP contribution in [0.25, 0.3) is 0 Å². The molecule has 0 aliphatic heterocycles. The van der Waals surface area contributed by atoms with Gasteiger partial charge in [0.25, 0.3) is 0 Å². The van der Waals surface area contributed by atoms with Crippen LogP contribution in [-0.4, -0.2) is 31.6 Å². The van der Waals surface area contributed by atoms with Gasteiger partial charge in [-0.25, -0.2) is 0 Å². The van der Waals surface area contributed by atoms with E-state index in [1.54, 1.807) is 0 Å². The van der Waals surface area contributed by atoms with Gasteiger partial charge in [0.2, 0.25) is 0 Å². The van der Waals surface area contributed by atoms with Crippen LogP contribution >= 0.6 is 0 Å². The summed E-state index contributed by atoms with van der Waals surface area (Å²) in [6.45, 7) is 0.387. The number of aliphatic imine (C=N–C) groups is 1. The zero-order valence-corrected chi connectivity index (χ0v) is 7.75. The van der Waals surface area contributed by atoms with E-state index >= 15 is 0 Å². The summed E-state index contributed by atoms with van der Waals surface area (Å²) in [7, 11) is 1.36. The second-order valence-electron chi connectivity index (χ2n) is 3.01. The van der Waals surface area contributed by atoms with Crippen LogP contribution in [0.1, 0.15) is 19.3 Å². The molecule has 0 amide bonds. The second-order valence-corrected chi connectivity index (χ2v) is 3.01. The molecule has 1 fully saturated rings. The Morgan fingerprint density at radius 3 is 2.92 bits per heavy atom. The van der Waals surface area contributed by atoms with Gasteiger partial charge in [-0.3, -0.25) is 9.79 Å². The molecule has 0 bridgehead atoms. The van der Waals surface area contributed by atoms with Crippen LogP contribution in [-0.2, 0) is 9.53 Å². The third-order valence-corrected chi connectivity index (χ3v) is 1.76. The normalized spacial score (nSPS) is 16.8. The molecule has 3 N–H and O–H groups in total. The SMILES string of the molecule is COC(=O)CCN=C(N)NC1CC1. The lowest BCUT2D eigenvalue weighted by Gasteiger charge is -2.02. The maximum Gasteiger partial charge on any atom is 0.307 e. The first-order valence-corrected chi connectivity index (χ1v) is 4.35. The number of carbonyl (C=O) groups is 1. The number of carbonyl (C=O) groups excluding carboxylic acids is 1. The van der Waals surface area contributed by atoms with E-state index < -0.39 is 0 Å². The van der Waals surface area contributed by atoms with E-state index in [4.69, 9.17) is 5.73 Å². The minimum absolute atomic E-state index is 0.261. The van der Waals surface area contributed by atoms with Crippen LogP contribution in [0.4, 0.5) is 0 Å². The fourth-order valence-electron chi connectivity index (χ4n) is 0.852. The Bertz CT molecular complexity index is 211. The van der Waals surface area contributed by atoms with E-state index in [0.717, 1.165) is 12.8 Å². The molecule has 1 rings (SSSR count). The zero-order valence-electron chi connectivity index (χ0n) is 7.75. The molecule has 0 aromatic carbocycles. The third-order valence-electron chi connectivity index (χ3n) is 1.76. The summed E-state index contributed by atoms with van der Waals surface area (Å²) in [5.74, 6) is 0.161. The van der Waals surface area contributed by atoms with Gasteiger partial charge in [-0.05, 0) is 12.8 Å². The summed E-state index contributed by atoms with van der Waals surface area (Å²) in [5.41, 5.74) is 5.53. The lowest BCUT2D eigenvalue weighted by atomic mass is 10.4. The van der Waals surface area contributed by atoms with Gasteiger partial charge in [-0.15, -0.1) is 0 Å². The van der Waals surface area contributed by atoms with Gasteiger partial charge in [0.1, 0.15) is 0 Å². The van der Waals surface area contributed by atoms with Crippen LogP contribution in [0, 0.1) is 0 Å². The average Bonchev–Trinajstić information content (AvgIpc) is 2.88. The Balaban J connectivity index is 2.10. The second kappa shape index (κ2) is 4.69. The number of ether oxygens (including phenoxy) is 1. The number of nitrogens with two attached hydrogens (primary N) is 1. The van der Waals surface area contributed by atoms with Crippen molar-refractivity contribution in [3.8, 4) is 0 Å². The smallest absolute Gasteiger partial charge is 0.307 e. The molecular weight excluding hydrogens is 170 g/mol. The number of hydrogen-bond acceptors (Lipinski definition) is 3. The van der Waals surface area contributed by atoms with Crippen LogP contribution in [0.15, 0.2) is 4.99 Å². The molecule has 0 saturated heterocycles. The number of hydrogen-bond donors (Lipinski definition) is 2. The van der Waals surface area contributed by atoms with Gasteiger partial charge in [-0.1, -0.05) is 0 Å².